The van der Waals surface area contributed by atoms with Crippen molar-refractivity contribution in [1.29, 1.82) is 0 Å². The average molecular weight is 323 g/mol. The van der Waals surface area contributed by atoms with E-state index in [0.717, 1.165) is 6.54 Å². The Morgan fingerprint density at radius 1 is 1.14 bits per heavy atom. The normalized spacial score (nSPS) is 17.7. The van der Waals surface area contributed by atoms with Gasteiger partial charge in [0, 0.05) is 30.0 Å². The number of hydrogen-bond donors (Lipinski definition) is 0. The van der Waals surface area contributed by atoms with E-state index in [4.69, 9.17) is 23.2 Å². The standard InChI is InChI=1S/C16H16Cl2N2O/c1-10-3-6-15-11(2)20(8-7-19(10)15)16(21)12-4-5-13(17)14(18)9-12/h3-6,9,11H,7-8H2,1-2H3. The molecule has 0 fully saturated rings. The quantitative estimate of drug-likeness (QED) is 0.767. The molecule has 0 aliphatic carbocycles. The molecule has 1 atom stereocenters. The molecule has 21 heavy (non-hydrogen) atoms. The molecule has 1 aromatic carbocycles. The molecule has 1 aliphatic heterocycles. The fourth-order valence-corrected chi connectivity index (χ4v) is 3.19. The Bertz CT molecular complexity index is 708. The first kappa shape index (κ1) is 14.5. The zero-order valence-electron chi connectivity index (χ0n) is 11.9. The Balaban J connectivity index is 1.91. The topological polar surface area (TPSA) is 25.2 Å². The third kappa shape index (κ3) is 2.45. The second-order valence-electron chi connectivity index (χ2n) is 5.35. The number of nitrogens with zero attached hydrogens (tertiary/aromatic N) is 2. The molecule has 0 spiro atoms. The van der Waals surface area contributed by atoms with E-state index in [0.29, 0.717) is 22.2 Å². The Kier molecular flexibility index (Phi) is 3.72. The Morgan fingerprint density at radius 2 is 1.90 bits per heavy atom. The lowest BCUT2D eigenvalue weighted by Crippen LogP contribution is -2.41. The molecule has 3 rings (SSSR count). The van der Waals surface area contributed by atoms with Gasteiger partial charge < -0.3 is 9.47 Å². The third-order valence-corrected chi connectivity index (χ3v) is 4.86. The van der Waals surface area contributed by atoms with Gasteiger partial charge in [-0.05, 0) is 44.2 Å². The van der Waals surface area contributed by atoms with E-state index in [1.807, 2.05) is 4.90 Å². The van der Waals surface area contributed by atoms with Gasteiger partial charge in [-0.2, -0.15) is 0 Å². The zero-order chi connectivity index (χ0) is 15.1. The van der Waals surface area contributed by atoms with Gasteiger partial charge in [-0.15, -0.1) is 0 Å². The van der Waals surface area contributed by atoms with Crippen LogP contribution in [0.3, 0.4) is 0 Å². The SMILES string of the molecule is Cc1ccc2n1CCN(C(=O)c1ccc(Cl)c(Cl)c1)C2C. The molecular weight excluding hydrogens is 307 g/mol. The van der Waals surface area contributed by atoms with Crippen LogP contribution < -0.4 is 0 Å². The van der Waals surface area contributed by atoms with Gasteiger partial charge in [-0.3, -0.25) is 4.79 Å². The summed E-state index contributed by atoms with van der Waals surface area (Å²) < 4.78 is 2.27. The maximum absolute atomic E-state index is 12.7. The largest absolute Gasteiger partial charge is 0.345 e. The van der Waals surface area contributed by atoms with Gasteiger partial charge in [0.05, 0.1) is 16.1 Å². The van der Waals surface area contributed by atoms with Gasteiger partial charge in [-0.25, -0.2) is 0 Å². The monoisotopic (exact) mass is 322 g/mol. The maximum atomic E-state index is 12.7. The highest BCUT2D eigenvalue weighted by atomic mass is 35.5. The summed E-state index contributed by atoms with van der Waals surface area (Å²) in [6.07, 6.45) is 0. The van der Waals surface area contributed by atoms with Crippen LogP contribution in [0.4, 0.5) is 0 Å². The van der Waals surface area contributed by atoms with Crippen molar-refractivity contribution in [3.63, 3.8) is 0 Å². The number of aromatic nitrogens is 1. The fraction of sp³-hybridized carbons (Fsp3) is 0.312. The third-order valence-electron chi connectivity index (χ3n) is 4.12. The van der Waals surface area contributed by atoms with E-state index in [9.17, 15) is 4.79 Å². The first-order chi connectivity index (χ1) is 9.99. The number of amides is 1. The molecule has 0 N–H and O–H groups in total. The summed E-state index contributed by atoms with van der Waals surface area (Å²) in [6.45, 7) is 5.67. The van der Waals surface area contributed by atoms with E-state index in [1.165, 1.54) is 11.4 Å². The lowest BCUT2D eigenvalue weighted by Gasteiger charge is -2.35. The van der Waals surface area contributed by atoms with E-state index < -0.39 is 0 Å². The number of aryl methyl sites for hydroxylation is 1. The van der Waals surface area contributed by atoms with Crippen LogP contribution >= 0.6 is 23.2 Å². The summed E-state index contributed by atoms with van der Waals surface area (Å²) in [7, 11) is 0. The fourth-order valence-electron chi connectivity index (χ4n) is 2.89. The molecule has 0 radical (unpaired) electrons. The molecule has 110 valence electrons. The van der Waals surface area contributed by atoms with Crippen LogP contribution in [0.15, 0.2) is 30.3 Å². The second kappa shape index (κ2) is 5.39. The van der Waals surface area contributed by atoms with Crippen LogP contribution in [0.1, 0.15) is 34.7 Å². The first-order valence-corrected chi connectivity index (χ1v) is 7.66. The highest BCUT2D eigenvalue weighted by molar-refractivity contribution is 6.42. The summed E-state index contributed by atoms with van der Waals surface area (Å²) in [5, 5.41) is 0.871. The molecule has 2 heterocycles. The molecule has 1 unspecified atom stereocenters. The predicted molar refractivity (Wildman–Crippen MR) is 85.1 cm³/mol. The molecule has 0 saturated heterocycles. The molecule has 0 bridgehead atoms. The summed E-state index contributed by atoms with van der Waals surface area (Å²) >= 11 is 11.9. The van der Waals surface area contributed by atoms with Gasteiger partial charge >= 0.3 is 0 Å². The maximum Gasteiger partial charge on any atom is 0.254 e. The van der Waals surface area contributed by atoms with Crippen LogP contribution in [0.25, 0.3) is 0 Å². The van der Waals surface area contributed by atoms with Gasteiger partial charge in [0.25, 0.3) is 5.91 Å². The number of hydrogen-bond acceptors (Lipinski definition) is 1. The summed E-state index contributed by atoms with van der Waals surface area (Å²) in [5.41, 5.74) is 2.98. The number of carbonyl (C=O) groups excluding carboxylic acids is 1. The van der Waals surface area contributed by atoms with Gasteiger partial charge in [-0.1, -0.05) is 23.2 Å². The van der Waals surface area contributed by atoms with Crippen molar-refractivity contribution in [2.24, 2.45) is 0 Å². The van der Waals surface area contributed by atoms with Crippen molar-refractivity contribution >= 4 is 29.1 Å². The molecule has 1 aliphatic rings. The van der Waals surface area contributed by atoms with Crippen LogP contribution in [0.2, 0.25) is 10.0 Å². The van der Waals surface area contributed by atoms with E-state index in [2.05, 4.69) is 30.5 Å². The molecule has 1 aromatic heterocycles. The van der Waals surface area contributed by atoms with Gasteiger partial charge in [0.1, 0.15) is 0 Å². The highest BCUT2D eigenvalue weighted by Gasteiger charge is 2.29. The summed E-state index contributed by atoms with van der Waals surface area (Å²) in [5.74, 6) is -0.00818. The number of halogens is 2. The molecule has 3 nitrogen and oxygen atoms in total. The van der Waals surface area contributed by atoms with Crippen molar-refractivity contribution in [3.05, 3.63) is 57.3 Å². The lowest BCUT2D eigenvalue weighted by molar-refractivity contribution is 0.0643. The Labute approximate surface area is 134 Å². The average Bonchev–Trinajstić information content (AvgIpc) is 2.84. The Hall–Kier alpha value is -1.45. The van der Waals surface area contributed by atoms with Crippen LogP contribution in [0.5, 0.6) is 0 Å². The van der Waals surface area contributed by atoms with Crippen LogP contribution in [-0.2, 0) is 6.54 Å². The number of carbonyl (C=O) groups is 1. The Morgan fingerprint density at radius 3 is 2.62 bits per heavy atom. The van der Waals surface area contributed by atoms with E-state index >= 15 is 0 Å². The molecule has 0 saturated carbocycles. The lowest BCUT2D eigenvalue weighted by atomic mass is 10.1. The number of fused-ring (bicyclic) bond motifs is 1. The van der Waals surface area contributed by atoms with Gasteiger partial charge in [0.15, 0.2) is 0 Å². The first-order valence-electron chi connectivity index (χ1n) is 6.91. The smallest absolute Gasteiger partial charge is 0.254 e. The molecule has 5 heteroatoms. The van der Waals surface area contributed by atoms with Crippen molar-refractivity contribution in [2.45, 2.75) is 26.4 Å². The summed E-state index contributed by atoms with van der Waals surface area (Å²) in [4.78, 5) is 14.6. The minimum Gasteiger partial charge on any atom is -0.345 e. The van der Waals surface area contributed by atoms with Crippen molar-refractivity contribution in [1.82, 2.24) is 9.47 Å². The summed E-state index contributed by atoms with van der Waals surface area (Å²) in [6, 6.07) is 9.26. The van der Waals surface area contributed by atoms with Crippen molar-refractivity contribution in [3.8, 4) is 0 Å². The minimum absolute atomic E-state index is 0.00818. The van der Waals surface area contributed by atoms with Crippen molar-refractivity contribution < 1.29 is 4.79 Å². The van der Waals surface area contributed by atoms with Crippen LogP contribution in [0, 0.1) is 6.92 Å². The second-order valence-corrected chi connectivity index (χ2v) is 6.17. The number of rotatable bonds is 1. The van der Waals surface area contributed by atoms with E-state index in [-0.39, 0.29) is 11.9 Å². The van der Waals surface area contributed by atoms with E-state index in [1.54, 1.807) is 18.2 Å². The highest BCUT2D eigenvalue weighted by Crippen LogP contribution is 2.30. The predicted octanol–water partition coefficient (Wildman–Crippen LogP) is 4.32. The van der Waals surface area contributed by atoms with Gasteiger partial charge in [0.2, 0.25) is 0 Å². The molecular formula is C16H16Cl2N2O. The van der Waals surface area contributed by atoms with Crippen LogP contribution in [-0.4, -0.2) is 21.9 Å². The zero-order valence-corrected chi connectivity index (χ0v) is 13.4. The van der Waals surface area contributed by atoms with Crippen molar-refractivity contribution in [2.75, 3.05) is 6.54 Å². The molecule has 2 aromatic rings. The minimum atomic E-state index is -0.00818. The number of benzene rings is 1. The molecule has 1 amide bonds.